The fraction of sp³-hybridized carbons (Fsp3) is 0.100. The normalized spacial score (nSPS) is 10.4. The second-order valence-corrected chi connectivity index (χ2v) is 6.63. The SMILES string of the molecule is Cc1ccc(C(=O)COc2ccc(C(=O)c3ccccc3)cc2)s1. The van der Waals surface area contributed by atoms with Crippen LogP contribution in [0.25, 0.3) is 0 Å². The van der Waals surface area contributed by atoms with E-state index in [2.05, 4.69) is 0 Å². The molecule has 1 heterocycles. The van der Waals surface area contributed by atoms with Crippen molar-refractivity contribution in [2.45, 2.75) is 6.92 Å². The number of hydrogen-bond donors (Lipinski definition) is 0. The lowest BCUT2D eigenvalue weighted by Crippen LogP contribution is -2.10. The van der Waals surface area contributed by atoms with Gasteiger partial charge in [-0.3, -0.25) is 9.59 Å². The summed E-state index contributed by atoms with van der Waals surface area (Å²) in [5.74, 6) is 0.492. The minimum Gasteiger partial charge on any atom is -0.485 e. The van der Waals surface area contributed by atoms with E-state index in [0.29, 0.717) is 21.8 Å². The van der Waals surface area contributed by atoms with E-state index < -0.39 is 0 Å². The lowest BCUT2D eigenvalue weighted by atomic mass is 10.0. The Kier molecular flexibility index (Phi) is 4.87. The zero-order chi connectivity index (χ0) is 16.9. The van der Waals surface area contributed by atoms with Gasteiger partial charge in [0.15, 0.2) is 12.4 Å². The number of ketones is 2. The van der Waals surface area contributed by atoms with Gasteiger partial charge in [0.2, 0.25) is 5.78 Å². The summed E-state index contributed by atoms with van der Waals surface area (Å²) in [7, 11) is 0. The van der Waals surface area contributed by atoms with Crippen LogP contribution >= 0.6 is 11.3 Å². The van der Waals surface area contributed by atoms with Crippen LogP contribution in [-0.4, -0.2) is 18.2 Å². The number of aryl methyl sites for hydroxylation is 1. The molecule has 0 fully saturated rings. The van der Waals surface area contributed by atoms with Crippen LogP contribution < -0.4 is 4.74 Å². The smallest absolute Gasteiger partial charge is 0.210 e. The van der Waals surface area contributed by atoms with Gasteiger partial charge in [-0.1, -0.05) is 30.3 Å². The van der Waals surface area contributed by atoms with Gasteiger partial charge >= 0.3 is 0 Å². The summed E-state index contributed by atoms with van der Waals surface area (Å²) in [6.45, 7) is 1.96. The van der Waals surface area contributed by atoms with Gasteiger partial charge in [0.25, 0.3) is 0 Å². The molecule has 0 N–H and O–H groups in total. The number of rotatable bonds is 6. The lowest BCUT2D eigenvalue weighted by Gasteiger charge is -2.06. The summed E-state index contributed by atoms with van der Waals surface area (Å²) >= 11 is 1.46. The fourth-order valence-electron chi connectivity index (χ4n) is 2.26. The number of Topliss-reactive ketones (excluding diaryl/α,β-unsaturated/α-hetero) is 1. The molecule has 0 aliphatic rings. The average Bonchev–Trinajstić information content (AvgIpc) is 3.07. The van der Waals surface area contributed by atoms with E-state index in [1.807, 2.05) is 37.3 Å². The molecule has 0 spiro atoms. The van der Waals surface area contributed by atoms with Crippen molar-refractivity contribution in [3.63, 3.8) is 0 Å². The van der Waals surface area contributed by atoms with Crippen molar-refractivity contribution < 1.29 is 14.3 Å². The van der Waals surface area contributed by atoms with Crippen LogP contribution in [-0.2, 0) is 0 Å². The molecule has 0 bridgehead atoms. The second-order valence-electron chi connectivity index (χ2n) is 5.34. The molecule has 0 unspecified atom stereocenters. The number of carbonyl (C=O) groups excluding carboxylic acids is 2. The van der Waals surface area contributed by atoms with E-state index >= 15 is 0 Å². The number of benzene rings is 2. The van der Waals surface area contributed by atoms with Gasteiger partial charge in [0.1, 0.15) is 5.75 Å². The van der Waals surface area contributed by atoms with Crippen molar-refractivity contribution in [1.29, 1.82) is 0 Å². The van der Waals surface area contributed by atoms with Crippen LogP contribution in [0.4, 0.5) is 0 Å². The molecule has 2 aromatic carbocycles. The molecule has 0 saturated heterocycles. The Hall–Kier alpha value is -2.72. The first-order chi connectivity index (χ1) is 11.6. The highest BCUT2D eigenvalue weighted by atomic mass is 32.1. The average molecular weight is 336 g/mol. The minimum absolute atomic E-state index is 0.00800. The summed E-state index contributed by atoms with van der Waals surface area (Å²) in [5.41, 5.74) is 1.24. The first-order valence-electron chi connectivity index (χ1n) is 7.56. The minimum atomic E-state index is -0.0439. The van der Waals surface area contributed by atoms with E-state index in [4.69, 9.17) is 4.74 Å². The standard InChI is InChI=1S/C20H16O3S/c1-14-7-12-19(24-14)18(21)13-23-17-10-8-16(9-11-17)20(22)15-5-3-2-4-6-15/h2-12H,13H2,1H3. The number of thiophene rings is 1. The van der Waals surface area contributed by atoms with Gasteiger partial charge in [-0.25, -0.2) is 0 Å². The topological polar surface area (TPSA) is 43.4 Å². The highest BCUT2D eigenvalue weighted by Crippen LogP contribution is 2.18. The molecule has 3 nitrogen and oxygen atoms in total. The molecular formula is C20H16O3S. The maximum absolute atomic E-state index is 12.3. The van der Waals surface area contributed by atoms with Gasteiger partial charge in [0.05, 0.1) is 4.88 Å². The van der Waals surface area contributed by atoms with Crippen molar-refractivity contribution in [1.82, 2.24) is 0 Å². The van der Waals surface area contributed by atoms with Crippen molar-refractivity contribution in [3.05, 3.63) is 87.6 Å². The van der Waals surface area contributed by atoms with Crippen molar-refractivity contribution in [3.8, 4) is 5.75 Å². The maximum atomic E-state index is 12.3. The highest BCUT2D eigenvalue weighted by molar-refractivity contribution is 7.14. The Morgan fingerprint density at radius 1 is 0.875 bits per heavy atom. The summed E-state index contributed by atoms with van der Waals surface area (Å²) < 4.78 is 5.52. The Morgan fingerprint density at radius 3 is 2.17 bits per heavy atom. The molecule has 0 atom stereocenters. The zero-order valence-corrected chi connectivity index (χ0v) is 14.0. The third kappa shape index (κ3) is 3.78. The second kappa shape index (κ2) is 7.23. The number of carbonyl (C=O) groups is 2. The van der Waals surface area contributed by atoms with Crippen molar-refractivity contribution in [2.75, 3.05) is 6.61 Å². The van der Waals surface area contributed by atoms with Crippen LogP contribution in [0.15, 0.2) is 66.7 Å². The van der Waals surface area contributed by atoms with Crippen LogP contribution in [0.3, 0.4) is 0 Å². The molecule has 3 aromatic rings. The molecule has 0 radical (unpaired) electrons. The third-order valence-electron chi connectivity index (χ3n) is 3.54. The molecule has 0 aliphatic heterocycles. The summed E-state index contributed by atoms with van der Waals surface area (Å²) in [6.07, 6.45) is 0. The molecule has 0 saturated carbocycles. The van der Waals surface area contributed by atoms with E-state index in [0.717, 1.165) is 4.88 Å². The Bertz CT molecular complexity index is 848. The summed E-state index contributed by atoms with van der Waals surface area (Å²) in [4.78, 5) is 26.1. The van der Waals surface area contributed by atoms with E-state index in [9.17, 15) is 9.59 Å². The van der Waals surface area contributed by atoms with Crippen LogP contribution in [0.2, 0.25) is 0 Å². The molecule has 3 rings (SSSR count). The Balaban J connectivity index is 1.62. The van der Waals surface area contributed by atoms with Crippen molar-refractivity contribution in [2.24, 2.45) is 0 Å². The third-order valence-corrected chi connectivity index (χ3v) is 4.58. The zero-order valence-electron chi connectivity index (χ0n) is 13.2. The van der Waals surface area contributed by atoms with E-state index in [-0.39, 0.29) is 18.2 Å². The molecular weight excluding hydrogens is 320 g/mol. The predicted octanol–water partition coefficient (Wildman–Crippen LogP) is 4.55. The summed E-state index contributed by atoms with van der Waals surface area (Å²) in [5, 5.41) is 0. The van der Waals surface area contributed by atoms with Gasteiger partial charge in [-0.15, -0.1) is 11.3 Å². The quantitative estimate of drug-likeness (QED) is 0.620. The van der Waals surface area contributed by atoms with Crippen molar-refractivity contribution >= 4 is 22.9 Å². The maximum Gasteiger partial charge on any atom is 0.210 e. The molecule has 0 aliphatic carbocycles. The van der Waals surface area contributed by atoms with Crippen LogP contribution in [0.5, 0.6) is 5.75 Å². The molecule has 1 aromatic heterocycles. The lowest BCUT2D eigenvalue weighted by molar-refractivity contribution is 0.0924. The highest BCUT2D eigenvalue weighted by Gasteiger charge is 2.11. The largest absolute Gasteiger partial charge is 0.485 e. The van der Waals surface area contributed by atoms with Gasteiger partial charge in [-0.05, 0) is 43.3 Å². The Labute approximate surface area is 144 Å². The van der Waals surface area contributed by atoms with Crippen LogP contribution in [0.1, 0.15) is 30.5 Å². The van der Waals surface area contributed by atoms with E-state index in [1.165, 1.54) is 11.3 Å². The fourth-order valence-corrected chi connectivity index (χ4v) is 3.05. The first kappa shape index (κ1) is 16.1. The van der Waals surface area contributed by atoms with Gasteiger partial charge in [0, 0.05) is 16.0 Å². The number of hydrogen-bond acceptors (Lipinski definition) is 4. The summed E-state index contributed by atoms with van der Waals surface area (Å²) in [6, 6.07) is 19.7. The number of ether oxygens (including phenoxy) is 1. The van der Waals surface area contributed by atoms with Gasteiger partial charge in [-0.2, -0.15) is 0 Å². The monoisotopic (exact) mass is 336 g/mol. The molecule has 24 heavy (non-hydrogen) atoms. The molecule has 0 amide bonds. The van der Waals surface area contributed by atoms with E-state index in [1.54, 1.807) is 36.4 Å². The van der Waals surface area contributed by atoms with Crippen LogP contribution in [0, 0.1) is 6.92 Å². The predicted molar refractivity (Wildman–Crippen MR) is 95.2 cm³/mol. The molecule has 120 valence electrons. The molecule has 4 heteroatoms. The Morgan fingerprint density at radius 2 is 1.54 bits per heavy atom. The van der Waals surface area contributed by atoms with Gasteiger partial charge < -0.3 is 4.74 Å². The first-order valence-corrected chi connectivity index (χ1v) is 8.37.